The normalized spacial score (nSPS) is 12.6. The average molecular weight is 823 g/mol. The van der Waals surface area contributed by atoms with E-state index in [1.165, 1.54) is 148 Å². The van der Waals surface area contributed by atoms with Gasteiger partial charge in [0, 0.05) is 25.1 Å². The van der Waals surface area contributed by atoms with Crippen molar-refractivity contribution in [2.24, 2.45) is 11.8 Å². The maximum Gasteiger partial charge on any atom is 0.308 e. The minimum absolute atomic E-state index is 0.0537. The molecule has 0 aliphatic carbocycles. The molecule has 0 bridgehead atoms. The number of ether oxygens (including phenoxy) is 1. The number of thioether (sulfide) groups is 1. The van der Waals surface area contributed by atoms with Crippen LogP contribution in [-0.2, 0) is 19.1 Å². The molecule has 2 unspecified atom stereocenters. The van der Waals surface area contributed by atoms with E-state index in [1.807, 2.05) is 0 Å². The van der Waals surface area contributed by atoms with Crippen LogP contribution < -0.4 is 5.32 Å². The summed E-state index contributed by atoms with van der Waals surface area (Å²) in [5.74, 6) is 1.44. The molecule has 0 aromatic heterocycles. The SMILES string of the molecule is CCCCCCCCC(CCCCCC)C(=O)OCCCCCCN(CCCCCCSC(=O)C(CCCCCC)CCCCCCCC)CCCCNC(C)=O. The lowest BCUT2D eigenvalue weighted by molar-refractivity contribution is -0.149. The molecule has 0 radical (unpaired) electrons. The Kier molecular flexibility index (Phi) is 43.6. The molecule has 0 aromatic rings. The van der Waals surface area contributed by atoms with E-state index in [9.17, 15) is 14.4 Å². The molecule has 2 atom stereocenters. The van der Waals surface area contributed by atoms with Gasteiger partial charge >= 0.3 is 5.97 Å². The van der Waals surface area contributed by atoms with Crippen LogP contribution in [0.1, 0.15) is 253 Å². The largest absolute Gasteiger partial charge is 0.465 e. The minimum atomic E-state index is 0.0537. The van der Waals surface area contributed by atoms with E-state index in [2.05, 4.69) is 37.9 Å². The highest BCUT2D eigenvalue weighted by atomic mass is 32.2. The maximum atomic E-state index is 13.2. The Balaban J connectivity index is 4.55. The molecule has 1 amide bonds. The van der Waals surface area contributed by atoms with Crippen molar-refractivity contribution in [1.29, 1.82) is 0 Å². The van der Waals surface area contributed by atoms with Gasteiger partial charge in [0.05, 0.1) is 12.5 Å². The number of carbonyl (C=O) groups is 3. The third-order valence-electron chi connectivity index (χ3n) is 11.8. The number of hydrogen-bond donors (Lipinski definition) is 1. The predicted octanol–water partition coefficient (Wildman–Crippen LogP) is 14.8. The minimum Gasteiger partial charge on any atom is -0.465 e. The van der Waals surface area contributed by atoms with Crippen LogP contribution in [0.25, 0.3) is 0 Å². The Morgan fingerprint density at radius 3 is 1.35 bits per heavy atom. The van der Waals surface area contributed by atoms with Gasteiger partial charge in [-0.15, -0.1) is 0 Å². The highest BCUT2D eigenvalue weighted by Crippen LogP contribution is 2.26. The van der Waals surface area contributed by atoms with Crippen LogP contribution in [0.2, 0.25) is 0 Å². The molecule has 0 heterocycles. The summed E-state index contributed by atoms with van der Waals surface area (Å²) in [7, 11) is 0. The first-order valence-corrected chi connectivity index (χ1v) is 26.2. The Bertz CT molecular complexity index is 828. The highest BCUT2D eigenvalue weighted by Gasteiger charge is 2.20. The van der Waals surface area contributed by atoms with Crippen molar-refractivity contribution in [3.05, 3.63) is 0 Å². The Morgan fingerprint density at radius 2 is 0.860 bits per heavy atom. The summed E-state index contributed by atoms with van der Waals surface area (Å²) in [4.78, 5) is 40.2. The summed E-state index contributed by atoms with van der Waals surface area (Å²) in [5.41, 5.74) is 0. The van der Waals surface area contributed by atoms with Gasteiger partial charge in [0.2, 0.25) is 5.91 Å². The molecular formula is C50H98N2O4S. The zero-order chi connectivity index (χ0) is 41.9. The summed E-state index contributed by atoms with van der Waals surface area (Å²) in [5, 5.41) is 3.41. The molecule has 0 saturated heterocycles. The lowest BCUT2D eigenvalue weighted by Gasteiger charge is -2.22. The molecule has 6 nitrogen and oxygen atoms in total. The first-order chi connectivity index (χ1) is 27.9. The van der Waals surface area contributed by atoms with Gasteiger partial charge in [-0.05, 0) is 83.8 Å². The van der Waals surface area contributed by atoms with Gasteiger partial charge in [0.15, 0.2) is 5.12 Å². The predicted molar refractivity (Wildman–Crippen MR) is 250 cm³/mol. The molecule has 0 aliphatic heterocycles. The molecule has 7 heteroatoms. The third-order valence-corrected chi connectivity index (χ3v) is 12.9. The number of nitrogens with one attached hydrogen (secondary N) is 1. The van der Waals surface area contributed by atoms with Gasteiger partial charge in [-0.25, -0.2) is 0 Å². The standard InChI is InChI=1S/C50H98N2O4S/c1-6-10-14-18-20-28-37-47(36-26-16-12-8-3)49(54)56-44-34-24-22-31-41-52(43-33-30-40-51-46(5)53)42-32-23-25-35-45-57-50(55)48(38-27-17-13-9-4)39-29-21-19-15-11-7-2/h47-48H,6-45H2,1-5H3,(H,51,53). The first kappa shape index (κ1) is 55.9. The Morgan fingerprint density at radius 1 is 0.474 bits per heavy atom. The van der Waals surface area contributed by atoms with Crippen molar-refractivity contribution in [2.45, 2.75) is 253 Å². The van der Waals surface area contributed by atoms with E-state index >= 15 is 0 Å². The lowest BCUT2D eigenvalue weighted by Crippen LogP contribution is -2.28. The number of rotatable bonds is 45. The fourth-order valence-corrected chi connectivity index (χ4v) is 8.98. The molecule has 0 aromatic carbocycles. The number of amides is 1. The van der Waals surface area contributed by atoms with Crippen molar-refractivity contribution in [2.75, 3.05) is 38.5 Å². The third kappa shape index (κ3) is 38.9. The van der Waals surface area contributed by atoms with Gasteiger partial charge in [-0.3, -0.25) is 14.4 Å². The van der Waals surface area contributed by atoms with Crippen LogP contribution in [0.4, 0.5) is 0 Å². The van der Waals surface area contributed by atoms with E-state index in [1.54, 1.807) is 18.7 Å². The maximum absolute atomic E-state index is 13.2. The Hall–Kier alpha value is -1.08. The van der Waals surface area contributed by atoms with Gasteiger partial charge in [0.25, 0.3) is 0 Å². The van der Waals surface area contributed by atoms with Gasteiger partial charge in [-0.1, -0.05) is 194 Å². The van der Waals surface area contributed by atoms with Crippen molar-refractivity contribution in [3.8, 4) is 0 Å². The topological polar surface area (TPSA) is 75.7 Å². The van der Waals surface area contributed by atoms with E-state index in [0.717, 1.165) is 103 Å². The van der Waals surface area contributed by atoms with Crippen LogP contribution in [0.5, 0.6) is 0 Å². The number of nitrogens with zero attached hydrogens (tertiary/aromatic N) is 1. The smallest absolute Gasteiger partial charge is 0.308 e. The second-order valence-corrected chi connectivity index (χ2v) is 18.5. The summed E-state index contributed by atoms with van der Waals surface area (Å²) >= 11 is 1.63. The average Bonchev–Trinajstić information content (AvgIpc) is 3.20. The monoisotopic (exact) mass is 823 g/mol. The number of carbonyl (C=O) groups excluding carboxylic acids is 3. The fourth-order valence-electron chi connectivity index (χ4n) is 7.96. The summed E-state index contributed by atoms with van der Waals surface area (Å²) < 4.78 is 5.85. The highest BCUT2D eigenvalue weighted by molar-refractivity contribution is 8.13. The summed E-state index contributed by atoms with van der Waals surface area (Å²) in [6.07, 6.45) is 40.7. The quantitative estimate of drug-likeness (QED) is 0.0487. The molecular weight excluding hydrogens is 725 g/mol. The zero-order valence-corrected chi connectivity index (χ0v) is 39.7. The van der Waals surface area contributed by atoms with Gasteiger partial charge in [-0.2, -0.15) is 0 Å². The number of unbranched alkanes of at least 4 members (excludes halogenated alkanes) is 23. The van der Waals surface area contributed by atoms with E-state index < -0.39 is 0 Å². The zero-order valence-electron chi connectivity index (χ0n) is 38.9. The molecule has 0 aliphatic rings. The summed E-state index contributed by atoms with van der Waals surface area (Å²) in [6.45, 7) is 15.3. The molecule has 0 saturated carbocycles. The fraction of sp³-hybridized carbons (Fsp3) is 0.940. The first-order valence-electron chi connectivity index (χ1n) is 25.2. The van der Waals surface area contributed by atoms with E-state index in [4.69, 9.17) is 4.74 Å². The van der Waals surface area contributed by atoms with Crippen LogP contribution in [-0.4, -0.2) is 60.4 Å². The number of esters is 1. The second kappa shape index (κ2) is 44.5. The molecule has 57 heavy (non-hydrogen) atoms. The van der Waals surface area contributed by atoms with Crippen molar-refractivity contribution >= 4 is 28.8 Å². The van der Waals surface area contributed by atoms with Gasteiger partial charge < -0.3 is 15.0 Å². The van der Waals surface area contributed by atoms with E-state index in [-0.39, 0.29) is 23.7 Å². The molecule has 0 spiro atoms. The van der Waals surface area contributed by atoms with Crippen LogP contribution in [0.3, 0.4) is 0 Å². The van der Waals surface area contributed by atoms with Crippen LogP contribution in [0, 0.1) is 11.8 Å². The molecule has 0 rings (SSSR count). The van der Waals surface area contributed by atoms with Crippen LogP contribution in [0.15, 0.2) is 0 Å². The van der Waals surface area contributed by atoms with Crippen molar-refractivity contribution < 1.29 is 19.1 Å². The summed E-state index contributed by atoms with van der Waals surface area (Å²) in [6, 6.07) is 0. The van der Waals surface area contributed by atoms with Crippen LogP contribution >= 0.6 is 11.8 Å². The van der Waals surface area contributed by atoms with Crippen molar-refractivity contribution in [1.82, 2.24) is 10.2 Å². The van der Waals surface area contributed by atoms with E-state index in [0.29, 0.717) is 11.7 Å². The number of hydrogen-bond acceptors (Lipinski definition) is 6. The molecule has 338 valence electrons. The van der Waals surface area contributed by atoms with Crippen molar-refractivity contribution in [3.63, 3.8) is 0 Å². The molecule has 0 fully saturated rings. The Labute approximate surface area is 360 Å². The van der Waals surface area contributed by atoms with Gasteiger partial charge in [0.1, 0.15) is 0 Å². The molecule has 1 N–H and O–H groups in total. The second-order valence-electron chi connectivity index (χ2n) is 17.4. The lowest BCUT2D eigenvalue weighted by atomic mass is 9.94.